The van der Waals surface area contributed by atoms with Crippen LogP contribution >= 0.6 is 11.8 Å². The molecule has 0 radical (unpaired) electrons. The van der Waals surface area contributed by atoms with E-state index in [9.17, 15) is 4.79 Å². The molecule has 1 aromatic heterocycles. The average Bonchev–Trinajstić information content (AvgIpc) is 3.29. The van der Waals surface area contributed by atoms with Gasteiger partial charge in [0.05, 0.1) is 12.3 Å². The topological polar surface area (TPSA) is 59.8 Å². The molecule has 162 valence electrons. The van der Waals surface area contributed by atoms with Crippen molar-refractivity contribution in [1.82, 2.24) is 14.8 Å². The van der Waals surface area contributed by atoms with Gasteiger partial charge in [-0.15, -0.1) is 10.2 Å². The van der Waals surface area contributed by atoms with Crippen molar-refractivity contribution in [2.45, 2.75) is 11.7 Å². The number of carbonyl (C=O) groups excluding carboxylic acids is 1. The predicted molar refractivity (Wildman–Crippen MR) is 134 cm³/mol. The summed E-state index contributed by atoms with van der Waals surface area (Å²) in [6, 6.07) is 33.8. The maximum atomic E-state index is 12.6. The number of carbonyl (C=O) groups is 1. The predicted octanol–water partition coefficient (Wildman–Crippen LogP) is 6.01. The molecular formula is C27H22N4OS. The lowest BCUT2D eigenvalue weighted by molar-refractivity contribution is 0.102. The molecule has 0 fully saturated rings. The van der Waals surface area contributed by atoms with Gasteiger partial charge in [-0.1, -0.05) is 96.7 Å². The van der Waals surface area contributed by atoms with Crippen LogP contribution in [0.25, 0.3) is 16.5 Å². The van der Waals surface area contributed by atoms with E-state index in [4.69, 9.17) is 0 Å². The first-order chi connectivity index (χ1) is 16.3. The van der Waals surface area contributed by atoms with Gasteiger partial charge in [0.2, 0.25) is 0 Å². The summed E-state index contributed by atoms with van der Waals surface area (Å²) in [5, 5.41) is 15.4. The minimum Gasteiger partial charge on any atom is -0.377 e. The van der Waals surface area contributed by atoms with Crippen LogP contribution in [0, 0.1) is 0 Å². The molecule has 0 atom stereocenters. The van der Waals surface area contributed by atoms with Crippen LogP contribution in [-0.2, 0) is 6.54 Å². The standard InChI is InChI=1S/C27H22N4OS/c32-25(21-11-3-1-4-12-21)19-33-27-30-29-26(31(27)22-14-5-2-6-15-22)18-28-24-17-9-13-20-10-7-8-16-23(20)24/h1-17,28H,18-19H2. The van der Waals surface area contributed by atoms with Gasteiger partial charge < -0.3 is 5.32 Å². The molecule has 0 bridgehead atoms. The van der Waals surface area contributed by atoms with Crippen molar-refractivity contribution in [1.29, 1.82) is 0 Å². The highest BCUT2D eigenvalue weighted by Crippen LogP contribution is 2.26. The van der Waals surface area contributed by atoms with Crippen LogP contribution in [0.5, 0.6) is 0 Å². The number of thioether (sulfide) groups is 1. The molecule has 0 spiro atoms. The lowest BCUT2D eigenvalue weighted by Crippen LogP contribution is -2.09. The number of nitrogens with one attached hydrogen (secondary N) is 1. The Balaban J connectivity index is 1.40. The van der Waals surface area contributed by atoms with Crippen molar-refractivity contribution in [3.63, 3.8) is 0 Å². The van der Waals surface area contributed by atoms with Crippen LogP contribution in [0.4, 0.5) is 5.69 Å². The van der Waals surface area contributed by atoms with Crippen molar-refractivity contribution in [2.24, 2.45) is 0 Å². The fourth-order valence-electron chi connectivity index (χ4n) is 3.74. The monoisotopic (exact) mass is 450 g/mol. The van der Waals surface area contributed by atoms with E-state index in [-0.39, 0.29) is 5.78 Å². The third kappa shape index (κ3) is 4.66. The number of hydrogen-bond donors (Lipinski definition) is 1. The first-order valence-electron chi connectivity index (χ1n) is 10.7. The molecule has 0 aliphatic rings. The molecule has 1 heterocycles. The molecular weight excluding hydrogens is 428 g/mol. The van der Waals surface area contributed by atoms with Crippen LogP contribution in [0.15, 0.2) is 108 Å². The number of para-hydroxylation sites is 1. The third-order valence-electron chi connectivity index (χ3n) is 5.37. The molecule has 0 amide bonds. The number of benzene rings is 4. The number of rotatable bonds is 8. The first-order valence-corrected chi connectivity index (χ1v) is 11.7. The molecule has 0 aliphatic heterocycles. The molecule has 4 aromatic carbocycles. The van der Waals surface area contributed by atoms with Crippen LogP contribution in [-0.4, -0.2) is 26.3 Å². The van der Waals surface area contributed by atoms with Gasteiger partial charge in [-0.25, -0.2) is 0 Å². The largest absolute Gasteiger partial charge is 0.377 e. The van der Waals surface area contributed by atoms with E-state index in [1.54, 1.807) is 0 Å². The van der Waals surface area contributed by atoms with Crippen LogP contribution < -0.4 is 5.32 Å². The Morgan fingerprint density at radius 3 is 2.30 bits per heavy atom. The summed E-state index contributed by atoms with van der Waals surface area (Å²) < 4.78 is 2.01. The van der Waals surface area contributed by atoms with Gasteiger partial charge in [0.1, 0.15) is 0 Å². The Morgan fingerprint density at radius 2 is 1.48 bits per heavy atom. The molecule has 0 saturated heterocycles. The fraction of sp³-hybridized carbons (Fsp3) is 0.0741. The van der Waals surface area contributed by atoms with E-state index in [1.165, 1.54) is 17.1 Å². The highest BCUT2D eigenvalue weighted by Gasteiger charge is 2.16. The van der Waals surface area contributed by atoms with Gasteiger partial charge in [-0.2, -0.15) is 0 Å². The summed E-state index contributed by atoms with van der Waals surface area (Å²) in [6.45, 7) is 0.503. The van der Waals surface area contributed by atoms with Crippen molar-refractivity contribution >= 4 is 34.0 Å². The number of hydrogen-bond acceptors (Lipinski definition) is 5. The van der Waals surface area contributed by atoms with Crippen molar-refractivity contribution in [3.05, 3.63) is 115 Å². The van der Waals surface area contributed by atoms with Crippen LogP contribution in [0.1, 0.15) is 16.2 Å². The highest BCUT2D eigenvalue weighted by molar-refractivity contribution is 7.99. The maximum absolute atomic E-state index is 12.6. The second-order valence-corrected chi connectivity index (χ2v) is 8.47. The summed E-state index contributed by atoms with van der Waals surface area (Å²) in [5.41, 5.74) is 2.71. The minimum atomic E-state index is 0.0682. The SMILES string of the molecule is O=C(CSc1nnc(CNc2cccc3ccccc23)n1-c1ccccc1)c1ccccc1. The van der Waals surface area contributed by atoms with Gasteiger partial charge in [0, 0.05) is 22.3 Å². The van der Waals surface area contributed by atoms with Gasteiger partial charge in [0.25, 0.3) is 0 Å². The zero-order chi connectivity index (χ0) is 22.5. The molecule has 6 heteroatoms. The molecule has 5 rings (SSSR count). The quantitative estimate of drug-likeness (QED) is 0.232. The Labute approximate surface area is 196 Å². The Hall–Kier alpha value is -3.90. The number of Topliss-reactive ketones (excluding diaryl/α,β-unsaturated/α-hetero) is 1. The molecule has 1 N–H and O–H groups in total. The lowest BCUT2D eigenvalue weighted by atomic mass is 10.1. The van der Waals surface area contributed by atoms with Gasteiger partial charge in [-0.05, 0) is 23.6 Å². The second kappa shape index (κ2) is 9.71. The van der Waals surface area contributed by atoms with Crippen molar-refractivity contribution < 1.29 is 4.79 Å². The maximum Gasteiger partial charge on any atom is 0.196 e. The minimum absolute atomic E-state index is 0.0682. The Morgan fingerprint density at radius 1 is 0.788 bits per heavy atom. The van der Waals surface area contributed by atoms with Gasteiger partial charge >= 0.3 is 0 Å². The summed E-state index contributed by atoms with van der Waals surface area (Å²) in [5.74, 6) is 1.15. The number of anilines is 1. The van der Waals surface area contributed by atoms with Crippen LogP contribution in [0.3, 0.4) is 0 Å². The van der Waals surface area contributed by atoms with Crippen LogP contribution in [0.2, 0.25) is 0 Å². The Bertz CT molecular complexity index is 1380. The first kappa shape index (κ1) is 21.0. The summed E-state index contributed by atoms with van der Waals surface area (Å²) >= 11 is 1.40. The molecule has 0 unspecified atom stereocenters. The fourth-order valence-corrected chi connectivity index (χ4v) is 4.60. The molecule has 0 aliphatic carbocycles. The summed E-state index contributed by atoms with van der Waals surface area (Å²) in [6.07, 6.45) is 0. The van der Waals surface area contributed by atoms with E-state index in [1.807, 2.05) is 83.4 Å². The number of nitrogens with zero attached hydrogens (tertiary/aromatic N) is 3. The molecule has 0 saturated carbocycles. The zero-order valence-electron chi connectivity index (χ0n) is 17.9. The van der Waals surface area contributed by atoms with Gasteiger partial charge in [0.15, 0.2) is 16.8 Å². The highest BCUT2D eigenvalue weighted by atomic mass is 32.2. The zero-order valence-corrected chi connectivity index (χ0v) is 18.7. The molecule has 5 nitrogen and oxygen atoms in total. The number of ketones is 1. The number of aromatic nitrogens is 3. The van der Waals surface area contributed by atoms with Crippen molar-refractivity contribution in [2.75, 3.05) is 11.1 Å². The van der Waals surface area contributed by atoms with E-state index < -0.39 is 0 Å². The molecule has 33 heavy (non-hydrogen) atoms. The summed E-state index contributed by atoms with van der Waals surface area (Å²) in [4.78, 5) is 12.6. The van der Waals surface area contributed by atoms with E-state index in [0.717, 1.165) is 22.6 Å². The molecule has 5 aromatic rings. The second-order valence-electron chi connectivity index (χ2n) is 7.53. The number of fused-ring (bicyclic) bond motifs is 1. The van der Waals surface area contributed by atoms with E-state index >= 15 is 0 Å². The van der Waals surface area contributed by atoms with Gasteiger partial charge in [-0.3, -0.25) is 9.36 Å². The average molecular weight is 451 g/mol. The lowest BCUT2D eigenvalue weighted by Gasteiger charge is -2.12. The van der Waals surface area contributed by atoms with E-state index in [2.05, 4.69) is 39.8 Å². The van der Waals surface area contributed by atoms with Crippen molar-refractivity contribution in [3.8, 4) is 5.69 Å². The smallest absolute Gasteiger partial charge is 0.196 e. The van der Waals surface area contributed by atoms with E-state index in [0.29, 0.717) is 23.0 Å². The third-order valence-corrected chi connectivity index (χ3v) is 6.30. The normalized spacial score (nSPS) is 10.9. The Kier molecular flexibility index (Phi) is 6.17. The summed E-state index contributed by atoms with van der Waals surface area (Å²) in [7, 11) is 0.